The number of sulfonamides is 2. The quantitative estimate of drug-likeness (QED) is 0.284. The van der Waals surface area contributed by atoms with Crippen LogP contribution in [0.4, 0.5) is 11.5 Å². The normalized spacial score (nSPS) is 18.0. The zero-order chi connectivity index (χ0) is 28.1. The zero-order valence-electron chi connectivity index (χ0n) is 21.1. The molecule has 1 fully saturated rings. The molecule has 1 atom stereocenters. The second kappa shape index (κ2) is 12.6. The predicted octanol–water partition coefficient (Wildman–Crippen LogP) is 0.151. The Morgan fingerprint density at radius 2 is 2.00 bits per heavy atom. The van der Waals surface area contributed by atoms with E-state index in [1.54, 1.807) is 0 Å². The maximum Gasteiger partial charge on any atom is 0.270 e. The van der Waals surface area contributed by atoms with Gasteiger partial charge in [-0.05, 0) is 32.9 Å². The minimum atomic E-state index is -4.07. The molecule has 0 radical (unpaired) electrons. The monoisotopic (exact) mass is 613 g/mol. The highest BCUT2D eigenvalue weighted by atomic mass is 35.5. The highest BCUT2D eigenvalue weighted by molar-refractivity contribution is 7.90. The second-order valence-electron chi connectivity index (χ2n) is 9.41. The molecule has 0 saturated carbocycles. The maximum atomic E-state index is 11.6. The first-order valence-electron chi connectivity index (χ1n) is 11.5. The van der Waals surface area contributed by atoms with Crippen molar-refractivity contribution >= 4 is 54.9 Å². The number of anilines is 2. The summed E-state index contributed by atoms with van der Waals surface area (Å²) in [5, 5.41) is 20.7. The second-order valence-corrected chi connectivity index (χ2v) is 13.6. The van der Waals surface area contributed by atoms with Crippen LogP contribution in [0.5, 0.6) is 5.88 Å². The van der Waals surface area contributed by atoms with Gasteiger partial charge in [-0.3, -0.25) is 0 Å². The lowest BCUT2D eigenvalue weighted by molar-refractivity contribution is 0.0975. The Kier molecular flexibility index (Phi) is 10.2. The lowest BCUT2D eigenvalue weighted by Crippen LogP contribution is -2.42. The van der Waals surface area contributed by atoms with E-state index in [1.807, 2.05) is 0 Å². The molecule has 6 N–H and O–H groups in total. The molecule has 4 rings (SSSR count). The van der Waals surface area contributed by atoms with Crippen LogP contribution in [0.2, 0.25) is 5.02 Å². The van der Waals surface area contributed by atoms with Gasteiger partial charge < -0.3 is 30.1 Å². The first kappa shape index (κ1) is 30.7. The van der Waals surface area contributed by atoms with Gasteiger partial charge in [-0.15, -0.1) is 4.37 Å². The number of morpholine rings is 1. The third kappa shape index (κ3) is 8.59. The summed E-state index contributed by atoms with van der Waals surface area (Å²) in [5.41, 5.74) is 0.212. The number of hydrogen-bond donors (Lipinski definition) is 5. The van der Waals surface area contributed by atoms with E-state index in [1.165, 1.54) is 6.07 Å². The summed E-state index contributed by atoms with van der Waals surface area (Å²) in [7, 11) is -7.80. The number of nitrogens with two attached hydrogens (primary N) is 1. The van der Waals surface area contributed by atoms with E-state index in [2.05, 4.69) is 49.8 Å². The van der Waals surface area contributed by atoms with E-state index < -0.39 is 31.0 Å². The number of rotatable bonds is 7. The molecule has 3 heterocycles. The van der Waals surface area contributed by atoms with Crippen molar-refractivity contribution in [3.8, 4) is 5.88 Å². The Morgan fingerprint density at radius 3 is 2.63 bits per heavy atom. The lowest BCUT2D eigenvalue weighted by atomic mass is 10.1. The molecule has 1 saturated heterocycles. The minimum Gasteiger partial charge on any atom is -0.472 e. The van der Waals surface area contributed by atoms with Gasteiger partial charge in [0, 0.05) is 25.2 Å². The molecule has 2 aliphatic heterocycles. The summed E-state index contributed by atoms with van der Waals surface area (Å²) >= 11 is 6.85. The maximum absolute atomic E-state index is 11.6. The van der Waals surface area contributed by atoms with Gasteiger partial charge in [0.2, 0.25) is 25.9 Å². The zero-order valence-corrected chi connectivity index (χ0v) is 24.3. The number of aliphatic hydroxyl groups is 1. The fourth-order valence-corrected chi connectivity index (χ4v) is 6.12. The van der Waals surface area contributed by atoms with Crippen molar-refractivity contribution in [2.24, 2.45) is 5.14 Å². The van der Waals surface area contributed by atoms with Gasteiger partial charge in [-0.25, -0.2) is 22.0 Å². The molecular formula is C20H32ClN7O7S3. The molecule has 14 nitrogen and oxygen atoms in total. The van der Waals surface area contributed by atoms with Crippen LogP contribution < -0.4 is 30.1 Å². The summed E-state index contributed by atoms with van der Waals surface area (Å²) in [6.45, 7) is 9.82. The van der Waals surface area contributed by atoms with Crippen molar-refractivity contribution in [2.75, 3.05) is 56.3 Å². The number of β-amino-alcohol motifs (C(OH)–C–C–N with tert-alkyl or cyclic N) is 1. The smallest absolute Gasteiger partial charge is 0.270 e. The SMILES string of the molecule is CC(C)(C)NC[C@H](O)COc1nsnc1N1CCOCC1.NS(=O)(=O)c1cc2c(cc1Cl)NCNS2(=O)=O. The first-order valence-corrected chi connectivity index (χ1v) is 15.6. The van der Waals surface area contributed by atoms with Gasteiger partial charge in [-0.2, -0.15) is 9.10 Å². The van der Waals surface area contributed by atoms with E-state index >= 15 is 0 Å². The van der Waals surface area contributed by atoms with Crippen LogP contribution in [-0.2, 0) is 24.8 Å². The highest BCUT2D eigenvalue weighted by Crippen LogP contribution is 2.32. The van der Waals surface area contributed by atoms with Crippen molar-refractivity contribution in [3.05, 3.63) is 17.2 Å². The number of hydrogen-bond acceptors (Lipinski definition) is 13. The summed E-state index contributed by atoms with van der Waals surface area (Å²) in [6.07, 6.45) is -0.580. The topological polar surface area (TPSA) is 198 Å². The average Bonchev–Trinajstić information content (AvgIpc) is 3.29. The van der Waals surface area contributed by atoms with E-state index in [0.717, 1.165) is 36.7 Å². The van der Waals surface area contributed by atoms with Gasteiger partial charge in [0.25, 0.3) is 5.88 Å². The summed E-state index contributed by atoms with van der Waals surface area (Å²) in [4.78, 5) is 1.48. The number of primary sulfonamides is 1. The Labute approximate surface area is 231 Å². The fraction of sp³-hybridized carbons (Fsp3) is 0.600. The van der Waals surface area contributed by atoms with Gasteiger partial charge in [0.05, 0.1) is 42.3 Å². The molecule has 0 spiro atoms. The van der Waals surface area contributed by atoms with Crippen LogP contribution in [0.3, 0.4) is 0 Å². The summed E-state index contributed by atoms with van der Waals surface area (Å²) in [6, 6.07) is 2.15. The molecule has 18 heteroatoms. The first-order chi connectivity index (χ1) is 17.7. The molecule has 1 aromatic carbocycles. The van der Waals surface area contributed by atoms with Crippen molar-refractivity contribution in [1.29, 1.82) is 0 Å². The molecule has 1 aromatic heterocycles. The van der Waals surface area contributed by atoms with Crippen molar-refractivity contribution in [1.82, 2.24) is 18.8 Å². The van der Waals surface area contributed by atoms with Gasteiger partial charge in [0.15, 0.2) is 0 Å². The van der Waals surface area contributed by atoms with Crippen molar-refractivity contribution < 1.29 is 31.4 Å². The molecule has 214 valence electrons. The standard InChI is InChI=1S/C13H24N4O3S.C7H8ClN3O4S2/c1-13(2,3)14-8-10(18)9-20-12-11(15-21-16-12)17-4-6-19-7-5-17;8-4-1-5-7(2-6(4)16(9,12)13)17(14,15)11-3-10-5/h10,14,18H,4-9H2,1-3H3;1-2,10-11H,3H2,(H2,9,12,13)/t10-;/m0./s1. The number of aliphatic hydroxyl groups excluding tert-OH is 1. The predicted molar refractivity (Wildman–Crippen MR) is 144 cm³/mol. The average molecular weight is 614 g/mol. The summed E-state index contributed by atoms with van der Waals surface area (Å²) in [5.74, 6) is 1.25. The number of benzene rings is 1. The number of halogens is 1. The van der Waals surface area contributed by atoms with Crippen LogP contribution in [0.1, 0.15) is 20.8 Å². The molecule has 0 unspecified atom stereocenters. The van der Waals surface area contributed by atoms with Crippen LogP contribution in [-0.4, -0.2) is 88.5 Å². The molecule has 2 aromatic rings. The van der Waals surface area contributed by atoms with E-state index in [9.17, 15) is 21.9 Å². The molecule has 2 aliphatic rings. The minimum absolute atomic E-state index is 0.0143. The third-order valence-corrected chi connectivity index (χ3v) is 8.52. The lowest BCUT2D eigenvalue weighted by Gasteiger charge is -2.27. The molecule has 0 aliphatic carbocycles. The summed E-state index contributed by atoms with van der Waals surface area (Å²) < 4.78 is 67.3. The van der Waals surface area contributed by atoms with E-state index in [-0.39, 0.29) is 34.4 Å². The van der Waals surface area contributed by atoms with Crippen LogP contribution in [0, 0.1) is 0 Å². The van der Waals surface area contributed by atoms with Gasteiger partial charge in [0.1, 0.15) is 22.5 Å². The number of aromatic nitrogens is 2. The molecule has 0 bridgehead atoms. The molecule has 0 amide bonds. The number of fused-ring (bicyclic) bond motifs is 1. The Hall–Kier alpha value is -1.83. The van der Waals surface area contributed by atoms with E-state index in [0.29, 0.717) is 25.6 Å². The third-order valence-electron chi connectivity index (χ3n) is 5.20. The van der Waals surface area contributed by atoms with Gasteiger partial charge in [-0.1, -0.05) is 11.6 Å². The molecule has 38 heavy (non-hydrogen) atoms. The van der Waals surface area contributed by atoms with Gasteiger partial charge >= 0.3 is 0 Å². The van der Waals surface area contributed by atoms with Crippen molar-refractivity contribution in [2.45, 2.75) is 42.2 Å². The van der Waals surface area contributed by atoms with Crippen molar-refractivity contribution in [3.63, 3.8) is 0 Å². The number of ether oxygens (including phenoxy) is 2. The Morgan fingerprint density at radius 1 is 1.32 bits per heavy atom. The van der Waals surface area contributed by atoms with Crippen LogP contribution >= 0.6 is 23.3 Å². The van der Waals surface area contributed by atoms with E-state index in [4.69, 9.17) is 26.2 Å². The Balaban J connectivity index is 0.000000215. The number of nitrogens with zero attached hydrogens (tertiary/aromatic N) is 3. The highest BCUT2D eigenvalue weighted by Gasteiger charge is 2.27. The Bertz CT molecular complexity index is 1310. The van der Waals surface area contributed by atoms with Crippen LogP contribution in [0.15, 0.2) is 21.9 Å². The fourth-order valence-electron chi connectivity index (χ4n) is 3.31. The van der Waals surface area contributed by atoms with Crippen LogP contribution in [0.25, 0.3) is 0 Å². The largest absolute Gasteiger partial charge is 0.472 e. The number of nitrogens with one attached hydrogen (secondary N) is 3. The molecular weight excluding hydrogens is 582 g/mol.